The third kappa shape index (κ3) is 5.22. The fraction of sp³-hybridized carbons (Fsp3) is 0.222. The van der Waals surface area contributed by atoms with Gasteiger partial charge in [-0.1, -0.05) is 18.2 Å². The highest BCUT2D eigenvalue weighted by molar-refractivity contribution is 9.10. The fourth-order valence-electron chi connectivity index (χ4n) is 2.03. The second-order valence-electron chi connectivity index (χ2n) is 5.05. The predicted molar refractivity (Wildman–Crippen MR) is 99.5 cm³/mol. The Bertz CT molecular complexity index is 750. The van der Waals surface area contributed by atoms with E-state index in [0.717, 1.165) is 10.0 Å². The molecule has 2 aromatic carbocycles. The summed E-state index contributed by atoms with van der Waals surface area (Å²) in [7, 11) is 3.11. The molecule has 2 rings (SSSR count). The summed E-state index contributed by atoms with van der Waals surface area (Å²) in [5.74, 6) is 1.43. The number of rotatable bonds is 7. The van der Waals surface area contributed by atoms with Crippen LogP contribution in [0.2, 0.25) is 0 Å². The van der Waals surface area contributed by atoms with Gasteiger partial charge in [0.2, 0.25) is 0 Å². The van der Waals surface area contributed by atoms with Crippen LogP contribution in [0.25, 0.3) is 0 Å². The number of hydrogen-bond donors (Lipinski definition) is 1. The number of nitrogens with zero attached hydrogens (tertiary/aromatic N) is 1. The molecule has 7 heteroatoms. The molecule has 132 valence electrons. The second kappa shape index (κ2) is 9.08. The Morgan fingerprint density at radius 1 is 1.20 bits per heavy atom. The van der Waals surface area contributed by atoms with Gasteiger partial charge in [0.25, 0.3) is 5.91 Å². The Hall–Kier alpha value is -2.54. The van der Waals surface area contributed by atoms with E-state index < -0.39 is 6.10 Å². The Kier molecular flexibility index (Phi) is 6.82. The smallest absolute Gasteiger partial charge is 0.280 e. The molecule has 0 aliphatic carbocycles. The van der Waals surface area contributed by atoms with Crippen LogP contribution in [0.15, 0.2) is 52.0 Å². The summed E-state index contributed by atoms with van der Waals surface area (Å²) >= 11 is 3.41. The molecule has 1 amide bonds. The molecule has 0 aliphatic heterocycles. The molecule has 0 fully saturated rings. The summed E-state index contributed by atoms with van der Waals surface area (Å²) in [6, 6.07) is 12.7. The standard InChI is InChI=1S/C18H19BrN2O4/c1-12(25-14-7-5-4-6-8-14)18(22)21-20-11-13-9-15(19)17(24-3)16(10-13)23-2/h4-12H,1-3H3,(H,21,22)/b20-11+. The predicted octanol–water partition coefficient (Wildman–Crippen LogP) is 3.38. The highest BCUT2D eigenvalue weighted by Crippen LogP contribution is 2.35. The quantitative estimate of drug-likeness (QED) is 0.565. The van der Waals surface area contributed by atoms with Gasteiger partial charge in [-0.05, 0) is 52.7 Å². The van der Waals surface area contributed by atoms with Crippen LogP contribution in [0.4, 0.5) is 0 Å². The lowest BCUT2D eigenvalue weighted by Crippen LogP contribution is -2.33. The molecule has 0 bridgehead atoms. The van der Waals surface area contributed by atoms with Gasteiger partial charge in [-0.25, -0.2) is 5.43 Å². The second-order valence-corrected chi connectivity index (χ2v) is 5.90. The van der Waals surface area contributed by atoms with Crippen LogP contribution >= 0.6 is 15.9 Å². The number of para-hydroxylation sites is 1. The minimum absolute atomic E-state index is 0.348. The van der Waals surface area contributed by atoms with Gasteiger partial charge in [-0.15, -0.1) is 0 Å². The normalized spacial score (nSPS) is 11.8. The molecule has 0 radical (unpaired) electrons. The first-order valence-corrected chi connectivity index (χ1v) is 8.30. The summed E-state index contributed by atoms with van der Waals surface area (Å²) in [5.41, 5.74) is 3.19. The van der Waals surface area contributed by atoms with E-state index in [2.05, 4.69) is 26.5 Å². The number of carbonyl (C=O) groups is 1. The number of carbonyl (C=O) groups excluding carboxylic acids is 1. The molecule has 6 nitrogen and oxygen atoms in total. The van der Waals surface area contributed by atoms with E-state index >= 15 is 0 Å². The number of hydrogen-bond acceptors (Lipinski definition) is 5. The number of methoxy groups -OCH3 is 2. The zero-order valence-corrected chi connectivity index (χ0v) is 15.7. The third-order valence-corrected chi connectivity index (χ3v) is 3.86. The molecule has 0 saturated heterocycles. The van der Waals surface area contributed by atoms with Crippen molar-refractivity contribution in [3.8, 4) is 17.2 Å². The molecule has 0 saturated carbocycles. The average Bonchev–Trinajstić information content (AvgIpc) is 2.61. The van der Waals surface area contributed by atoms with Gasteiger partial charge in [0.15, 0.2) is 17.6 Å². The highest BCUT2D eigenvalue weighted by atomic mass is 79.9. The number of halogens is 1. The van der Waals surface area contributed by atoms with E-state index in [1.165, 1.54) is 6.21 Å². The topological polar surface area (TPSA) is 69.2 Å². The summed E-state index contributed by atoms with van der Waals surface area (Å²) in [6.07, 6.45) is 0.844. The van der Waals surface area contributed by atoms with Gasteiger partial charge in [0.05, 0.1) is 24.9 Å². The number of amides is 1. The minimum Gasteiger partial charge on any atom is -0.493 e. The zero-order valence-electron chi connectivity index (χ0n) is 14.2. The van der Waals surface area contributed by atoms with Gasteiger partial charge in [0, 0.05) is 0 Å². The molecule has 1 atom stereocenters. The first-order valence-electron chi connectivity index (χ1n) is 7.51. The van der Waals surface area contributed by atoms with E-state index in [1.807, 2.05) is 18.2 Å². The first kappa shape index (κ1) is 18.8. The Balaban J connectivity index is 1.98. The fourth-order valence-corrected chi connectivity index (χ4v) is 2.65. The minimum atomic E-state index is -0.670. The third-order valence-electron chi connectivity index (χ3n) is 3.27. The van der Waals surface area contributed by atoms with Crippen molar-refractivity contribution < 1.29 is 19.0 Å². The van der Waals surface area contributed by atoms with Crippen LogP contribution < -0.4 is 19.6 Å². The van der Waals surface area contributed by atoms with Gasteiger partial charge >= 0.3 is 0 Å². The maximum absolute atomic E-state index is 12.0. The van der Waals surface area contributed by atoms with E-state index in [4.69, 9.17) is 14.2 Å². The van der Waals surface area contributed by atoms with Crippen LogP contribution in [-0.4, -0.2) is 32.4 Å². The maximum Gasteiger partial charge on any atom is 0.280 e. The zero-order chi connectivity index (χ0) is 18.2. The Morgan fingerprint density at radius 3 is 2.56 bits per heavy atom. The van der Waals surface area contributed by atoms with Crippen LogP contribution in [0.5, 0.6) is 17.2 Å². The van der Waals surface area contributed by atoms with Crippen molar-refractivity contribution in [3.63, 3.8) is 0 Å². The monoisotopic (exact) mass is 406 g/mol. The first-order chi connectivity index (χ1) is 12.0. The van der Waals surface area contributed by atoms with Crippen molar-refractivity contribution in [3.05, 3.63) is 52.5 Å². The van der Waals surface area contributed by atoms with Gasteiger partial charge < -0.3 is 14.2 Å². The van der Waals surface area contributed by atoms with Crippen LogP contribution in [-0.2, 0) is 4.79 Å². The van der Waals surface area contributed by atoms with E-state index in [9.17, 15) is 4.79 Å². The summed E-state index contributed by atoms with van der Waals surface area (Å²) in [4.78, 5) is 12.0. The van der Waals surface area contributed by atoms with Crippen molar-refractivity contribution >= 4 is 28.1 Å². The van der Waals surface area contributed by atoms with Gasteiger partial charge in [0.1, 0.15) is 5.75 Å². The number of benzene rings is 2. The largest absolute Gasteiger partial charge is 0.493 e. The number of hydrazone groups is 1. The van der Waals surface area contributed by atoms with Crippen molar-refractivity contribution in [2.75, 3.05) is 14.2 Å². The SMILES string of the molecule is COc1cc(/C=N/NC(=O)C(C)Oc2ccccc2)cc(Br)c1OC. The van der Waals surface area contributed by atoms with Crippen molar-refractivity contribution in [1.29, 1.82) is 0 Å². The van der Waals surface area contributed by atoms with Crippen LogP contribution in [0.1, 0.15) is 12.5 Å². The van der Waals surface area contributed by atoms with Crippen molar-refractivity contribution in [2.45, 2.75) is 13.0 Å². The highest BCUT2D eigenvalue weighted by Gasteiger charge is 2.14. The molecule has 1 N–H and O–H groups in total. The summed E-state index contributed by atoms with van der Waals surface area (Å²) in [6.45, 7) is 1.66. The van der Waals surface area contributed by atoms with E-state index in [0.29, 0.717) is 17.2 Å². The molecule has 1 unspecified atom stereocenters. The Labute approximate surface area is 154 Å². The Morgan fingerprint density at radius 2 is 1.92 bits per heavy atom. The summed E-state index contributed by atoms with van der Waals surface area (Å²) in [5, 5.41) is 3.95. The lowest BCUT2D eigenvalue weighted by molar-refractivity contribution is -0.127. The molecule has 0 spiro atoms. The maximum atomic E-state index is 12.0. The average molecular weight is 407 g/mol. The molecule has 25 heavy (non-hydrogen) atoms. The lowest BCUT2D eigenvalue weighted by atomic mass is 10.2. The van der Waals surface area contributed by atoms with E-state index in [1.54, 1.807) is 45.4 Å². The van der Waals surface area contributed by atoms with Gasteiger partial charge in [-0.3, -0.25) is 4.79 Å². The molecule has 0 heterocycles. The molecule has 0 aromatic heterocycles. The number of nitrogens with one attached hydrogen (secondary N) is 1. The van der Waals surface area contributed by atoms with E-state index in [-0.39, 0.29) is 5.91 Å². The summed E-state index contributed by atoms with van der Waals surface area (Å²) < 4.78 is 16.8. The molecule has 2 aromatic rings. The van der Waals surface area contributed by atoms with Gasteiger partial charge in [-0.2, -0.15) is 5.10 Å². The van der Waals surface area contributed by atoms with Crippen molar-refractivity contribution in [2.24, 2.45) is 5.10 Å². The van der Waals surface area contributed by atoms with Crippen LogP contribution in [0, 0.1) is 0 Å². The molecular weight excluding hydrogens is 388 g/mol. The van der Waals surface area contributed by atoms with Crippen molar-refractivity contribution in [1.82, 2.24) is 5.43 Å². The molecule has 0 aliphatic rings. The van der Waals surface area contributed by atoms with Crippen LogP contribution in [0.3, 0.4) is 0 Å². The molecular formula is C18H19BrN2O4. The number of ether oxygens (including phenoxy) is 3. The lowest BCUT2D eigenvalue weighted by Gasteiger charge is -2.12.